The van der Waals surface area contributed by atoms with Crippen molar-refractivity contribution in [2.24, 2.45) is 5.73 Å². The molecule has 0 saturated heterocycles. The minimum absolute atomic E-state index is 0.0427. The van der Waals surface area contributed by atoms with Crippen LogP contribution in [-0.4, -0.2) is 49.3 Å². The molecule has 0 aliphatic heterocycles. The molecule has 0 amide bonds. The van der Waals surface area contributed by atoms with E-state index in [-0.39, 0.29) is 32.6 Å². The second-order valence-corrected chi connectivity index (χ2v) is 15.3. The number of ether oxygens (including phenoxy) is 2. The quantitative estimate of drug-likeness (QED) is 0.0270. The maximum absolute atomic E-state index is 12.6. The highest BCUT2D eigenvalue weighted by Crippen LogP contribution is 2.43. The van der Waals surface area contributed by atoms with Crippen LogP contribution in [0.3, 0.4) is 0 Å². The maximum atomic E-state index is 12.6. The number of carbonyl (C=O) groups excluding carboxylic acids is 2. The lowest BCUT2D eigenvalue weighted by atomic mass is 10.1. The molecule has 0 rings (SSSR count). The molecular formula is C45H78NO8P. The average Bonchev–Trinajstić information content (AvgIpc) is 3.17. The fraction of sp³-hybridized carbons (Fsp3) is 0.689. The SMILES string of the molecule is CCCCCC=CCC=CCC=CCC=CCCCCCC(=O)OCC(COP(=O)(O)OCCN)OC(=O)CCCCCCCC=CCC=CCCCCC. The van der Waals surface area contributed by atoms with Gasteiger partial charge in [0.2, 0.25) is 0 Å². The molecule has 2 atom stereocenters. The second kappa shape index (κ2) is 41.1. The summed E-state index contributed by atoms with van der Waals surface area (Å²) in [6, 6.07) is 0. The van der Waals surface area contributed by atoms with Crippen LogP contribution in [0.25, 0.3) is 0 Å². The topological polar surface area (TPSA) is 134 Å². The van der Waals surface area contributed by atoms with E-state index in [4.69, 9.17) is 24.3 Å². The first-order chi connectivity index (χ1) is 26.8. The van der Waals surface area contributed by atoms with Crippen molar-refractivity contribution in [2.45, 2.75) is 174 Å². The first kappa shape index (κ1) is 52.5. The Labute approximate surface area is 335 Å². The third kappa shape index (κ3) is 40.9. The molecular weight excluding hydrogens is 713 g/mol. The van der Waals surface area contributed by atoms with E-state index in [0.717, 1.165) is 77.0 Å². The summed E-state index contributed by atoms with van der Waals surface area (Å²) in [5, 5.41) is 0. The van der Waals surface area contributed by atoms with Gasteiger partial charge in [0.1, 0.15) is 6.61 Å². The molecule has 10 heteroatoms. The molecule has 3 N–H and O–H groups in total. The van der Waals surface area contributed by atoms with E-state index >= 15 is 0 Å². The van der Waals surface area contributed by atoms with E-state index < -0.39 is 32.5 Å². The Bertz CT molecular complexity index is 1130. The number of unbranched alkanes of at least 4 members (excludes halogenated alkanes) is 14. The lowest BCUT2D eigenvalue weighted by molar-refractivity contribution is -0.161. The van der Waals surface area contributed by atoms with Crippen LogP contribution in [0.5, 0.6) is 0 Å². The molecule has 9 nitrogen and oxygen atoms in total. The fourth-order valence-corrected chi connectivity index (χ4v) is 6.12. The van der Waals surface area contributed by atoms with E-state index in [2.05, 4.69) is 86.8 Å². The predicted octanol–water partition coefficient (Wildman–Crippen LogP) is 12.3. The Hall–Kier alpha value is -2.55. The molecule has 0 aromatic carbocycles. The van der Waals surface area contributed by atoms with Gasteiger partial charge >= 0.3 is 19.8 Å². The summed E-state index contributed by atoms with van der Waals surface area (Å²) in [7, 11) is -4.39. The zero-order valence-electron chi connectivity index (χ0n) is 34.6. The average molecular weight is 792 g/mol. The zero-order chi connectivity index (χ0) is 40.3. The molecule has 0 heterocycles. The Balaban J connectivity index is 4.26. The lowest BCUT2D eigenvalue weighted by Crippen LogP contribution is -2.29. The number of allylic oxidation sites excluding steroid dienone is 12. The van der Waals surface area contributed by atoms with Crippen LogP contribution < -0.4 is 5.73 Å². The highest BCUT2D eigenvalue weighted by atomic mass is 31.2. The summed E-state index contributed by atoms with van der Waals surface area (Å²) >= 11 is 0. The highest BCUT2D eigenvalue weighted by Gasteiger charge is 2.25. The third-order valence-electron chi connectivity index (χ3n) is 8.56. The largest absolute Gasteiger partial charge is 0.472 e. The minimum Gasteiger partial charge on any atom is -0.462 e. The molecule has 0 aromatic heterocycles. The van der Waals surface area contributed by atoms with Gasteiger partial charge in [0.25, 0.3) is 0 Å². The number of esters is 2. The normalized spacial score (nSPS) is 14.0. The Kier molecular flexibility index (Phi) is 39.2. The summed E-state index contributed by atoms with van der Waals surface area (Å²) in [5.41, 5.74) is 5.34. The van der Waals surface area contributed by atoms with Gasteiger partial charge in [0.15, 0.2) is 6.10 Å². The number of phosphoric ester groups is 1. The standard InChI is InChI=1S/C45H78NO8P/c1-3-5-7-9-11-13-15-17-19-20-21-22-24-25-27-29-31-33-35-37-44(47)51-41-43(42-53-55(49,50)52-40-39-46)54-45(48)38-36-34-32-30-28-26-23-18-16-14-12-10-8-6-4-2/h11-14,17-19,21-23,25,27,43H,3-10,15-16,20,24,26,28-42,46H2,1-2H3,(H,49,50). The number of nitrogens with two attached hydrogens (primary N) is 1. The van der Waals surface area contributed by atoms with Gasteiger partial charge in [-0.25, -0.2) is 4.57 Å². The van der Waals surface area contributed by atoms with Crippen LogP contribution in [0.2, 0.25) is 0 Å². The molecule has 0 bridgehead atoms. The van der Waals surface area contributed by atoms with Gasteiger partial charge in [-0.3, -0.25) is 18.6 Å². The first-order valence-corrected chi connectivity index (χ1v) is 22.9. The van der Waals surface area contributed by atoms with Gasteiger partial charge < -0.3 is 20.1 Å². The molecule has 0 aliphatic carbocycles. The van der Waals surface area contributed by atoms with E-state index in [1.165, 1.54) is 51.4 Å². The lowest BCUT2D eigenvalue weighted by Gasteiger charge is -2.19. The van der Waals surface area contributed by atoms with Crippen LogP contribution in [0, 0.1) is 0 Å². The number of hydrogen-bond donors (Lipinski definition) is 2. The number of phosphoric acid groups is 1. The van der Waals surface area contributed by atoms with E-state index in [0.29, 0.717) is 12.8 Å². The number of rotatable bonds is 39. The second-order valence-electron chi connectivity index (χ2n) is 13.8. The van der Waals surface area contributed by atoms with Crippen molar-refractivity contribution in [3.05, 3.63) is 72.9 Å². The smallest absolute Gasteiger partial charge is 0.462 e. The van der Waals surface area contributed by atoms with E-state index in [1.807, 2.05) is 0 Å². The maximum Gasteiger partial charge on any atom is 0.472 e. The van der Waals surface area contributed by atoms with Gasteiger partial charge in [-0.1, -0.05) is 138 Å². The monoisotopic (exact) mass is 792 g/mol. The summed E-state index contributed by atoms with van der Waals surface area (Å²) in [4.78, 5) is 34.8. The molecule has 0 saturated carbocycles. The van der Waals surface area contributed by atoms with Gasteiger partial charge in [-0.2, -0.15) is 0 Å². The molecule has 316 valence electrons. The fourth-order valence-electron chi connectivity index (χ4n) is 5.35. The van der Waals surface area contributed by atoms with Gasteiger partial charge in [0, 0.05) is 19.4 Å². The predicted molar refractivity (Wildman–Crippen MR) is 229 cm³/mol. The Morgan fingerprint density at radius 1 is 0.545 bits per heavy atom. The van der Waals surface area contributed by atoms with Crippen molar-refractivity contribution in [3.63, 3.8) is 0 Å². The van der Waals surface area contributed by atoms with Crippen LogP contribution in [-0.2, 0) is 32.7 Å². The molecule has 0 aromatic rings. The summed E-state index contributed by atoms with van der Waals surface area (Å²) < 4.78 is 32.7. The van der Waals surface area contributed by atoms with Crippen LogP contribution in [0.15, 0.2) is 72.9 Å². The van der Waals surface area contributed by atoms with Crippen molar-refractivity contribution < 1.29 is 37.6 Å². The number of carbonyl (C=O) groups is 2. The van der Waals surface area contributed by atoms with Gasteiger partial charge in [-0.05, 0) is 89.9 Å². The minimum atomic E-state index is -4.39. The summed E-state index contributed by atoms with van der Waals surface area (Å²) in [6.45, 7) is 3.60. The van der Waals surface area contributed by atoms with E-state index in [1.54, 1.807) is 0 Å². The molecule has 0 fully saturated rings. The van der Waals surface area contributed by atoms with E-state index in [9.17, 15) is 19.0 Å². The summed E-state index contributed by atoms with van der Waals surface area (Å²) in [6.07, 6.45) is 49.3. The molecule has 55 heavy (non-hydrogen) atoms. The third-order valence-corrected chi connectivity index (χ3v) is 9.55. The summed E-state index contributed by atoms with van der Waals surface area (Å²) in [5.74, 6) is -0.887. The van der Waals surface area contributed by atoms with Crippen molar-refractivity contribution >= 4 is 19.8 Å². The Morgan fingerprint density at radius 3 is 1.42 bits per heavy atom. The van der Waals surface area contributed by atoms with Crippen molar-refractivity contribution in [3.8, 4) is 0 Å². The van der Waals surface area contributed by atoms with Crippen LogP contribution >= 0.6 is 7.82 Å². The first-order valence-electron chi connectivity index (χ1n) is 21.4. The molecule has 0 radical (unpaired) electrons. The van der Waals surface area contributed by atoms with Crippen LogP contribution in [0.4, 0.5) is 0 Å². The van der Waals surface area contributed by atoms with Gasteiger partial charge in [-0.15, -0.1) is 0 Å². The van der Waals surface area contributed by atoms with Crippen molar-refractivity contribution in [2.75, 3.05) is 26.4 Å². The molecule has 0 spiro atoms. The molecule has 0 aliphatic rings. The van der Waals surface area contributed by atoms with Crippen LogP contribution in [0.1, 0.15) is 168 Å². The molecule has 2 unspecified atom stereocenters. The highest BCUT2D eigenvalue weighted by molar-refractivity contribution is 7.47. The number of hydrogen-bond acceptors (Lipinski definition) is 8. The van der Waals surface area contributed by atoms with Crippen molar-refractivity contribution in [1.29, 1.82) is 0 Å². The van der Waals surface area contributed by atoms with Crippen molar-refractivity contribution in [1.82, 2.24) is 0 Å². The van der Waals surface area contributed by atoms with Gasteiger partial charge in [0.05, 0.1) is 13.2 Å². The Morgan fingerprint density at radius 2 is 0.945 bits per heavy atom. The zero-order valence-corrected chi connectivity index (χ0v) is 35.5.